The summed E-state index contributed by atoms with van der Waals surface area (Å²) in [4.78, 5) is 17.3. The van der Waals surface area contributed by atoms with Crippen molar-refractivity contribution >= 4 is 5.78 Å². The molecular weight excluding hydrogens is 468 g/mol. The highest BCUT2D eigenvalue weighted by Crippen LogP contribution is 2.28. The van der Waals surface area contributed by atoms with Gasteiger partial charge in [-0.3, -0.25) is 9.69 Å². The number of likely N-dealkylation sites (N-methyl/N-ethyl adjacent to an activating group) is 2. The van der Waals surface area contributed by atoms with Crippen molar-refractivity contribution in [1.82, 2.24) is 15.1 Å². The summed E-state index contributed by atoms with van der Waals surface area (Å²) in [6.07, 6.45) is 3.33. The molecular formula is C31H37F2N3O. The second kappa shape index (κ2) is 13.0. The van der Waals surface area contributed by atoms with Gasteiger partial charge in [-0.25, -0.2) is 8.78 Å². The van der Waals surface area contributed by atoms with Crippen molar-refractivity contribution in [3.63, 3.8) is 0 Å². The molecule has 1 aliphatic heterocycles. The number of carbonyl (C=O) groups excluding carboxylic acids is 1. The molecule has 1 aliphatic rings. The van der Waals surface area contributed by atoms with Crippen LogP contribution in [0.1, 0.15) is 51.5 Å². The molecule has 1 N–H and O–H groups in total. The molecule has 0 aliphatic carbocycles. The van der Waals surface area contributed by atoms with Crippen molar-refractivity contribution in [2.24, 2.45) is 0 Å². The van der Waals surface area contributed by atoms with Gasteiger partial charge in [-0.05, 0) is 106 Å². The molecule has 0 saturated heterocycles. The first kappa shape index (κ1) is 27.1. The SMILES string of the molecule is CN(CCCC(=O)c1ccc2c(c1)CCNCC2)CCN(C)C(c1ccc(F)cc1)c1ccc(F)cc1. The number of Topliss-reactive ketones (excluding diaryl/α,β-unsaturated/α-hetero) is 1. The second-order valence-corrected chi connectivity index (χ2v) is 10.0. The fourth-order valence-corrected chi connectivity index (χ4v) is 5.06. The molecule has 6 heteroatoms. The largest absolute Gasteiger partial charge is 0.316 e. The number of hydrogen-bond acceptors (Lipinski definition) is 4. The molecule has 0 aromatic heterocycles. The Morgan fingerprint density at radius 2 is 1.41 bits per heavy atom. The predicted molar refractivity (Wildman–Crippen MR) is 145 cm³/mol. The second-order valence-electron chi connectivity index (χ2n) is 10.0. The first-order valence-corrected chi connectivity index (χ1v) is 13.2. The zero-order chi connectivity index (χ0) is 26.2. The smallest absolute Gasteiger partial charge is 0.162 e. The minimum absolute atomic E-state index is 0.111. The van der Waals surface area contributed by atoms with Crippen molar-refractivity contribution in [3.8, 4) is 0 Å². The Balaban J connectivity index is 1.29. The Morgan fingerprint density at radius 3 is 2.03 bits per heavy atom. The maximum Gasteiger partial charge on any atom is 0.162 e. The molecule has 196 valence electrons. The number of rotatable bonds is 11. The third kappa shape index (κ3) is 7.54. The zero-order valence-corrected chi connectivity index (χ0v) is 21.9. The summed E-state index contributed by atoms with van der Waals surface area (Å²) in [7, 11) is 4.10. The number of ketones is 1. The molecule has 4 rings (SSSR count). The molecule has 0 fully saturated rings. The Kier molecular flexibility index (Phi) is 9.56. The average Bonchev–Trinajstić information content (AvgIpc) is 3.15. The summed E-state index contributed by atoms with van der Waals surface area (Å²) < 4.78 is 27.1. The Labute approximate surface area is 219 Å². The van der Waals surface area contributed by atoms with Crippen molar-refractivity contribution in [2.75, 3.05) is 46.8 Å². The standard InChI is InChI=1S/C31H37F2N3O/c1-35(19-3-4-30(37)27-6-5-23-15-17-34-18-16-26(23)22-27)20-21-36(2)31(24-7-11-28(32)12-8-24)25-9-13-29(33)14-10-25/h5-14,22,31,34H,3-4,15-21H2,1-2H3. The summed E-state index contributed by atoms with van der Waals surface area (Å²) >= 11 is 0. The van der Waals surface area contributed by atoms with Crippen LogP contribution in [-0.4, -0.2) is 62.4 Å². The van der Waals surface area contributed by atoms with Crippen LogP contribution in [0.3, 0.4) is 0 Å². The third-order valence-electron chi connectivity index (χ3n) is 7.26. The van der Waals surface area contributed by atoms with E-state index < -0.39 is 0 Å². The summed E-state index contributed by atoms with van der Waals surface area (Å²) in [6.45, 7) is 4.37. The van der Waals surface area contributed by atoms with Gasteiger partial charge in [-0.15, -0.1) is 0 Å². The van der Waals surface area contributed by atoms with E-state index >= 15 is 0 Å². The lowest BCUT2D eigenvalue weighted by Crippen LogP contribution is -2.34. The molecule has 4 nitrogen and oxygen atoms in total. The van der Waals surface area contributed by atoms with Gasteiger partial charge < -0.3 is 10.2 Å². The van der Waals surface area contributed by atoms with E-state index in [-0.39, 0.29) is 23.5 Å². The lowest BCUT2D eigenvalue weighted by Gasteiger charge is -2.30. The molecule has 0 saturated carbocycles. The quantitative estimate of drug-likeness (QED) is 0.360. The molecule has 0 amide bonds. The van der Waals surface area contributed by atoms with Crippen molar-refractivity contribution in [2.45, 2.75) is 31.7 Å². The maximum absolute atomic E-state index is 13.5. The van der Waals surface area contributed by atoms with Crippen molar-refractivity contribution < 1.29 is 13.6 Å². The van der Waals surface area contributed by atoms with Crippen LogP contribution in [0.5, 0.6) is 0 Å². The zero-order valence-electron chi connectivity index (χ0n) is 21.9. The van der Waals surface area contributed by atoms with Gasteiger partial charge in [0.25, 0.3) is 0 Å². The summed E-state index contributed by atoms with van der Waals surface area (Å²) in [5.41, 5.74) is 5.39. The number of hydrogen-bond donors (Lipinski definition) is 1. The lowest BCUT2D eigenvalue weighted by molar-refractivity contribution is 0.0975. The highest BCUT2D eigenvalue weighted by atomic mass is 19.1. The van der Waals surface area contributed by atoms with Crippen LogP contribution in [0.4, 0.5) is 8.78 Å². The highest BCUT2D eigenvalue weighted by molar-refractivity contribution is 5.96. The van der Waals surface area contributed by atoms with E-state index in [0.29, 0.717) is 6.42 Å². The van der Waals surface area contributed by atoms with Crippen LogP contribution < -0.4 is 5.32 Å². The van der Waals surface area contributed by atoms with E-state index in [4.69, 9.17) is 0 Å². The first-order valence-electron chi connectivity index (χ1n) is 13.2. The normalized spacial score (nSPS) is 13.7. The molecule has 37 heavy (non-hydrogen) atoms. The number of fused-ring (bicyclic) bond motifs is 1. The minimum atomic E-state index is -0.276. The van der Waals surface area contributed by atoms with Crippen LogP contribution >= 0.6 is 0 Å². The van der Waals surface area contributed by atoms with Gasteiger partial charge >= 0.3 is 0 Å². The molecule has 0 bridgehead atoms. The predicted octanol–water partition coefficient (Wildman–Crippen LogP) is 5.27. The summed E-state index contributed by atoms with van der Waals surface area (Å²) in [5, 5.41) is 3.42. The Morgan fingerprint density at radius 1 is 0.811 bits per heavy atom. The number of halogens is 2. The van der Waals surface area contributed by atoms with Crippen LogP contribution in [0.2, 0.25) is 0 Å². The van der Waals surface area contributed by atoms with Crippen molar-refractivity contribution in [1.29, 1.82) is 0 Å². The van der Waals surface area contributed by atoms with Gasteiger partial charge in [0.05, 0.1) is 6.04 Å². The molecule has 1 heterocycles. The van der Waals surface area contributed by atoms with Gasteiger partial charge in [-0.2, -0.15) is 0 Å². The van der Waals surface area contributed by atoms with E-state index in [1.807, 2.05) is 13.1 Å². The van der Waals surface area contributed by atoms with Crippen LogP contribution in [0, 0.1) is 11.6 Å². The number of benzene rings is 3. The topological polar surface area (TPSA) is 35.6 Å². The highest BCUT2D eigenvalue weighted by Gasteiger charge is 2.20. The molecule has 3 aromatic rings. The molecule has 3 aromatic carbocycles. The summed E-state index contributed by atoms with van der Waals surface area (Å²) in [6, 6.07) is 19.1. The molecule has 0 atom stereocenters. The third-order valence-corrected chi connectivity index (χ3v) is 7.26. The van der Waals surface area contributed by atoms with Crippen LogP contribution in [-0.2, 0) is 12.8 Å². The van der Waals surface area contributed by atoms with Gasteiger partial charge in [0, 0.05) is 25.1 Å². The van der Waals surface area contributed by atoms with E-state index in [0.717, 1.165) is 68.7 Å². The van der Waals surface area contributed by atoms with Gasteiger partial charge in [0.2, 0.25) is 0 Å². The fourth-order valence-electron chi connectivity index (χ4n) is 5.06. The number of nitrogens with zero attached hydrogens (tertiary/aromatic N) is 2. The van der Waals surface area contributed by atoms with E-state index in [1.54, 1.807) is 24.3 Å². The van der Waals surface area contributed by atoms with E-state index in [2.05, 4.69) is 34.3 Å². The maximum atomic E-state index is 13.5. The number of carbonyl (C=O) groups is 1. The fraction of sp³-hybridized carbons (Fsp3) is 0.387. The lowest BCUT2D eigenvalue weighted by atomic mass is 9.97. The summed E-state index contributed by atoms with van der Waals surface area (Å²) in [5.74, 6) is -0.346. The monoisotopic (exact) mass is 505 g/mol. The van der Waals surface area contributed by atoms with Crippen LogP contribution in [0.25, 0.3) is 0 Å². The number of nitrogens with one attached hydrogen (secondary N) is 1. The Hall–Kier alpha value is -2.93. The molecule has 0 radical (unpaired) electrons. The molecule has 0 unspecified atom stereocenters. The van der Waals surface area contributed by atoms with E-state index in [1.165, 1.54) is 35.4 Å². The van der Waals surface area contributed by atoms with Crippen LogP contribution in [0.15, 0.2) is 66.7 Å². The minimum Gasteiger partial charge on any atom is -0.316 e. The van der Waals surface area contributed by atoms with Crippen molar-refractivity contribution in [3.05, 3.63) is 106 Å². The van der Waals surface area contributed by atoms with E-state index in [9.17, 15) is 13.6 Å². The average molecular weight is 506 g/mol. The van der Waals surface area contributed by atoms with Gasteiger partial charge in [0.15, 0.2) is 5.78 Å². The molecule has 0 spiro atoms. The van der Waals surface area contributed by atoms with Gasteiger partial charge in [0.1, 0.15) is 11.6 Å². The first-order chi connectivity index (χ1) is 17.9. The Bertz CT molecular complexity index is 1120. The van der Waals surface area contributed by atoms with Gasteiger partial charge in [-0.1, -0.05) is 36.4 Å².